The number of benzene rings is 2. The summed E-state index contributed by atoms with van der Waals surface area (Å²) in [4.78, 5) is 8.83. The number of aromatic nitrogens is 2. The molecule has 0 unspecified atom stereocenters. The molecule has 7 heteroatoms. The van der Waals surface area contributed by atoms with Crippen LogP contribution in [0.2, 0.25) is 0 Å². The molecule has 0 amide bonds. The highest BCUT2D eigenvalue weighted by Crippen LogP contribution is 2.39. The molecule has 1 aliphatic rings. The first-order chi connectivity index (χ1) is 14.7. The molecule has 1 N–H and O–H groups in total. The molecule has 0 spiro atoms. The second kappa shape index (κ2) is 8.65. The second-order valence-corrected chi connectivity index (χ2v) is 7.08. The molecule has 0 bridgehead atoms. The van der Waals surface area contributed by atoms with Gasteiger partial charge in [0, 0.05) is 35.1 Å². The summed E-state index contributed by atoms with van der Waals surface area (Å²) < 4.78 is 5.95. The first kappa shape index (κ1) is 19.4. The zero-order chi connectivity index (χ0) is 20.9. The van der Waals surface area contributed by atoms with Gasteiger partial charge in [0.15, 0.2) is 0 Å². The van der Waals surface area contributed by atoms with E-state index in [0.29, 0.717) is 40.2 Å². The third kappa shape index (κ3) is 4.57. The van der Waals surface area contributed by atoms with Gasteiger partial charge in [-0.3, -0.25) is 0 Å². The molecule has 30 heavy (non-hydrogen) atoms. The Hall–Kier alpha value is -3.87. The Labute approximate surface area is 179 Å². The number of hydrogen-bond donors (Lipinski definition) is 1. The largest absolute Gasteiger partial charge is 0.456 e. The number of nitriles is 2. The molecule has 3 aromatic rings. The van der Waals surface area contributed by atoms with Crippen molar-refractivity contribution in [3.05, 3.63) is 76.6 Å². The Morgan fingerprint density at radius 3 is 2.70 bits per heavy atom. The fourth-order valence-electron chi connectivity index (χ4n) is 2.99. The first-order valence-electron chi connectivity index (χ1n) is 9.32. The summed E-state index contributed by atoms with van der Waals surface area (Å²) in [6, 6.07) is 16.3. The number of hydrogen-bond acceptors (Lipinski definition) is 6. The van der Waals surface area contributed by atoms with Crippen LogP contribution >= 0.6 is 11.6 Å². The average Bonchev–Trinajstić information content (AvgIpc) is 3.60. The van der Waals surface area contributed by atoms with Crippen molar-refractivity contribution in [2.24, 2.45) is 0 Å². The van der Waals surface area contributed by atoms with Gasteiger partial charge in [-0.25, -0.2) is 9.97 Å². The van der Waals surface area contributed by atoms with Crippen LogP contribution in [0.15, 0.2) is 54.2 Å². The Morgan fingerprint density at radius 1 is 1.10 bits per heavy atom. The van der Waals surface area contributed by atoms with Crippen LogP contribution in [0.4, 0.5) is 11.6 Å². The lowest BCUT2D eigenvalue weighted by molar-refractivity contribution is 0.481. The zero-order valence-electron chi connectivity index (χ0n) is 15.8. The average molecular weight is 414 g/mol. The van der Waals surface area contributed by atoms with E-state index in [2.05, 4.69) is 27.4 Å². The van der Waals surface area contributed by atoms with Crippen LogP contribution in [-0.2, 0) is 0 Å². The van der Waals surface area contributed by atoms with Crippen molar-refractivity contribution in [1.82, 2.24) is 9.97 Å². The molecule has 1 heterocycles. The number of ether oxygens (including phenoxy) is 1. The number of nitrogens with zero attached hydrogens (tertiary/aromatic N) is 4. The van der Waals surface area contributed by atoms with E-state index in [1.807, 2.05) is 6.07 Å². The van der Waals surface area contributed by atoms with E-state index >= 15 is 0 Å². The third-order valence-corrected chi connectivity index (χ3v) is 4.70. The van der Waals surface area contributed by atoms with E-state index in [-0.39, 0.29) is 0 Å². The summed E-state index contributed by atoms with van der Waals surface area (Å²) in [7, 11) is 0. The molecular formula is C23H16ClN5O. The zero-order valence-corrected chi connectivity index (χ0v) is 16.6. The lowest BCUT2D eigenvalue weighted by Crippen LogP contribution is -2.00. The molecule has 0 aliphatic heterocycles. The summed E-state index contributed by atoms with van der Waals surface area (Å²) in [6.07, 6.45) is 5.72. The SMILES string of the molecule is N#Cc1cc(/C=C/Cl)cc(Oc2cc(Nc3nccc(C4CC4)n3)ccc2C#N)c1. The van der Waals surface area contributed by atoms with Gasteiger partial charge in [0.2, 0.25) is 5.95 Å². The maximum atomic E-state index is 9.46. The summed E-state index contributed by atoms with van der Waals surface area (Å²) in [5, 5.41) is 21.9. The molecule has 4 rings (SSSR count). The van der Waals surface area contributed by atoms with Crippen LogP contribution in [0.3, 0.4) is 0 Å². The Bertz CT molecular complexity index is 1200. The van der Waals surface area contributed by atoms with Crippen LogP contribution in [-0.4, -0.2) is 9.97 Å². The van der Waals surface area contributed by atoms with Gasteiger partial charge >= 0.3 is 0 Å². The standard InChI is InChI=1S/C23H16ClN5O/c24-7-5-15-9-16(13-25)11-20(10-15)30-22-12-19(4-3-18(22)14-26)28-23-27-8-6-21(29-23)17-1-2-17/h3-12,17H,1-2H2,(H,27,28,29)/b7-5+. The van der Waals surface area contributed by atoms with Gasteiger partial charge in [-0.05, 0) is 60.9 Å². The van der Waals surface area contributed by atoms with Crippen molar-refractivity contribution in [2.45, 2.75) is 18.8 Å². The fraction of sp³-hybridized carbons (Fsp3) is 0.130. The van der Waals surface area contributed by atoms with E-state index in [1.165, 1.54) is 5.54 Å². The molecule has 1 fully saturated rings. The first-order valence-corrected chi connectivity index (χ1v) is 9.76. The minimum atomic E-state index is 0.358. The smallest absolute Gasteiger partial charge is 0.227 e. The van der Waals surface area contributed by atoms with Gasteiger partial charge in [0.05, 0.1) is 17.2 Å². The van der Waals surface area contributed by atoms with E-state index in [9.17, 15) is 10.5 Å². The number of nitrogens with one attached hydrogen (secondary N) is 1. The third-order valence-electron chi connectivity index (χ3n) is 4.57. The molecule has 1 aliphatic carbocycles. The molecule has 1 aromatic heterocycles. The van der Waals surface area contributed by atoms with Crippen molar-refractivity contribution in [3.8, 4) is 23.6 Å². The maximum absolute atomic E-state index is 9.46. The van der Waals surface area contributed by atoms with Crippen LogP contribution in [0, 0.1) is 22.7 Å². The molecule has 146 valence electrons. The molecule has 0 saturated heterocycles. The van der Waals surface area contributed by atoms with Crippen LogP contribution < -0.4 is 10.1 Å². The Morgan fingerprint density at radius 2 is 1.97 bits per heavy atom. The molecule has 0 atom stereocenters. The van der Waals surface area contributed by atoms with Gasteiger partial charge in [0.1, 0.15) is 17.6 Å². The normalized spacial score (nSPS) is 12.9. The number of anilines is 2. The topological polar surface area (TPSA) is 94.6 Å². The van der Waals surface area contributed by atoms with E-state index in [1.54, 1.807) is 48.7 Å². The minimum absolute atomic E-state index is 0.358. The molecule has 1 saturated carbocycles. The van der Waals surface area contributed by atoms with Gasteiger partial charge in [-0.15, -0.1) is 0 Å². The predicted molar refractivity (Wildman–Crippen MR) is 115 cm³/mol. The van der Waals surface area contributed by atoms with Crippen molar-refractivity contribution in [3.63, 3.8) is 0 Å². The highest BCUT2D eigenvalue weighted by molar-refractivity contribution is 6.27. The van der Waals surface area contributed by atoms with Gasteiger partial charge in [-0.2, -0.15) is 10.5 Å². The number of halogens is 1. The van der Waals surface area contributed by atoms with Gasteiger partial charge < -0.3 is 10.1 Å². The van der Waals surface area contributed by atoms with E-state index in [0.717, 1.165) is 24.1 Å². The summed E-state index contributed by atoms with van der Waals surface area (Å²) >= 11 is 5.66. The Balaban J connectivity index is 1.62. The van der Waals surface area contributed by atoms with Crippen molar-refractivity contribution >= 4 is 29.3 Å². The maximum Gasteiger partial charge on any atom is 0.227 e. The lowest BCUT2D eigenvalue weighted by Gasteiger charge is -2.12. The molecular weight excluding hydrogens is 398 g/mol. The van der Waals surface area contributed by atoms with E-state index in [4.69, 9.17) is 16.3 Å². The fourth-order valence-corrected chi connectivity index (χ4v) is 3.13. The van der Waals surface area contributed by atoms with Crippen molar-refractivity contribution in [2.75, 3.05) is 5.32 Å². The number of rotatable bonds is 6. The lowest BCUT2D eigenvalue weighted by atomic mass is 10.1. The molecule has 0 radical (unpaired) electrons. The Kier molecular flexibility index (Phi) is 5.61. The van der Waals surface area contributed by atoms with Crippen molar-refractivity contribution in [1.29, 1.82) is 10.5 Å². The quantitative estimate of drug-likeness (QED) is 0.545. The highest BCUT2D eigenvalue weighted by Gasteiger charge is 2.25. The highest BCUT2D eigenvalue weighted by atomic mass is 35.5. The van der Waals surface area contributed by atoms with Crippen LogP contribution in [0.1, 0.15) is 41.1 Å². The van der Waals surface area contributed by atoms with Gasteiger partial charge in [-0.1, -0.05) is 11.6 Å². The van der Waals surface area contributed by atoms with Gasteiger partial charge in [0.25, 0.3) is 0 Å². The predicted octanol–water partition coefficient (Wildman–Crippen LogP) is 5.84. The molecule has 2 aromatic carbocycles. The monoisotopic (exact) mass is 413 g/mol. The van der Waals surface area contributed by atoms with Crippen molar-refractivity contribution < 1.29 is 4.74 Å². The second-order valence-electron chi connectivity index (χ2n) is 6.82. The summed E-state index contributed by atoms with van der Waals surface area (Å²) in [5.74, 6) is 1.81. The summed E-state index contributed by atoms with van der Waals surface area (Å²) in [5.41, 5.74) is 4.60. The minimum Gasteiger partial charge on any atom is -0.456 e. The van der Waals surface area contributed by atoms with Crippen LogP contribution in [0.5, 0.6) is 11.5 Å². The summed E-state index contributed by atoms with van der Waals surface area (Å²) in [6.45, 7) is 0. The molecule has 6 nitrogen and oxygen atoms in total. The van der Waals surface area contributed by atoms with E-state index < -0.39 is 0 Å². The van der Waals surface area contributed by atoms with Crippen LogP contribution in [0.25, 0.3) is 6.08 Å².